The van der Waals surface area contributed by atoms with Crippen LogP contribution in [0.1, 0.15) is 84.8 Å². The van der Waals surface area contributed by atoms with Crippen molar-refractivity contribution in [1.82, 2.24) is 9.80 Å². The molecule has 3 aromatic carbocycles. The molecule has 0 saturated carbocycles. The number of rotatable bonds is 12. The van der Waals surface area contributed by atoms with E-state index in [0.717, 1.165) is 29.0 Å². The van der Waals surface area contributed by atoms with Crippen LogP contribution in [0.25, 0.3) is 0 Å². The first kappa shape index (κ1) is 45.4. The van der Waals surface area contributed by atoms with Crippen LogP contribution in [0, 0.1) is 0 Å². The number of ether oxygens (including phenoxy) is 4. The van der Waals surface area contributed by atoms with Gasteiger partial charge in [-0.1, -0.05) is 30.3 Å². The Morgan fingerprint density at radius 2 is 1.72 bits per heavy atom. The monoisotopic (exact) mass is 917 g/mol. The summed E-state index contributed by atoms with van der Waals surface area (Å²) in [5.41, 5.74) is 0.627. The molecule has 0 spiro atoms. The molecule has 21 heteroatoms. The smallest absolute Gasteiger partial charge is 0.352 e. The number of phenols is 2. The summed E-state index contributed by atoms with van der Waals surface area (Å²) in [7, 11) is 1.09. The molecule has 8 atom stereocenters. The number of carboxylic acid groups (broad SMARTS) is 1. The molecule has 0 aromatic heterocycles. The van der Waals surface area contributed by atoms with Gasteiger partial charge < -0.3 is 55.3 Å². The number of ketones is 3. The predicted octanol–water partition coefficient (Wildman–Crippen LogP) is 0.439. The quantitative estimate of drug-likeness (QED) is 0.0439. The molecule has 2 aliphatic carbocycles. The van der Waals surface area contributed by atoms with Gasteiger partial charge in [0.05, 0.1) is 48.5 Å². The zero-order chi connectivity index (χ0) is 46.8. The number of benzene rings is 3. The van der Waals surface area contributed by atoms with Crippen molar-refractivity contribution in [1.29, 1.82) is 0 Å². The van der Waals surface area contributed by atoms with Crippen molar-refractivity contribution in [3.8, 4) is 17.2 Å². The van der Waals surface area contributed by atoms with Crippen molar-refractivity contribution >= 4 is 52.9 Å². The van der Waals surface area contributed by atoms with Gasteiger partial charge in [0, 0.05) is 47.7 Å². The van der Waals surface area contributed by atoms with Crippen molar-refractivity contribution in [2.24, 2.45) is 5.73 Å². The van der Waals surface area contributed by atoms with Crippen LogP contribution in [-0.2, 0) is 46.2 Å². The van der Waals surface area contributed by atoms with Gasteiger partial charge in [0.2, 0.25) is 11.7 Å². The van der Waals surface area contributed by atoms with Crippen LogP contribution < -0.4 is 10.5 Å². The standard InChI is InChI=1S/C44H43N3O17S/c1-18-34(51)23(45)13-28(63-18)64-25-15-44(60,26(49)16-48)14-22-29(25)37(54)32-31(36(22)53)35(52)20-8-9-21(39(61-2)30(20)38(32)55)43(59)62-17-46(27(50)12-19-6-4-3-5-7-19)33-40(56)47-24(42(57)58)10-11-65-41(33)47/h3-10,18,23,25,28,33-34,41,48,51,53-54,60H,11-17,45H2,1-2H3,(H,57,58)/t18-,23-,25-,28-,33?,34+,41?,44-/m0/s1. The van der Waals surface area contributed by atoms with Crippen LogP contribution in [0.2, 0.25) is 0 Å². The number of aromatic hydroxyl groups is 2. The number of fused-ring (bicyclic) bond motifs is 4. The van der Waals surface area contributed by atoms with E-state index < -0.39 is 154 Å². The molecule has 2 fully saturated rings. The molecule has 2 unspecified atom stereocenters. The van der Waals surface area contributed by atoms with Crippen molar-refractivity contribution in [3.63, 3.8) is 0 Å². The number of aliphatic hydroxyl groups is 3. The normalized spacial score (nSPS) is 26.7. The van der Waals surface area contributed by atoms with E-state index in [1.165, 1.54) is 24.8 Å². The molecular weight excluding hydrogens is 875 g/mol. The maximum atomic E-state index is 14.6. The summed E-state index contributed by atoms with van der Waals surface area (Å²) < 4.78 is 23.0. The SMILES string of the molecule is COc1c(C(=O)OCN(C(=O)Cc2ccccc2)C2C(=O)N3C(C(=O)O)=CCSC23)ccc2c1C(=O)c1c(O)c3c(c(O)c1C2=O)C[C@@](O)(C(=O)CO)C[C@@H]3O[C@H]1C[C@H](N)[C@H](O)[C@H](C)O1. The Hall–Kier alpha value is -6.20. The lowest BCUT2D eigenvalue weighted by Gasteiger charge is -2.51. The minimum atomic E-state index is -2.40. The van der Waals surface area contributed by atoms with Crippen LogP contribution in [-0.4, -0.2) is 149 Å². The number of esters is 1. The van der Waals surface area contributed by atoms with Gasteiger partial charge >= 0.3 is 11.9 Å². The molecule has 0 radical (unpaired) electrons. The summed E-state index contributed by atoms with van der Waals surface area (Å²) in [5, 5.41) is 64.3. The molecule has 20 nitrogen and oxygen atoms in total. The summed E-state index contributed by atoms with van der Waals surface area (Å²) in [6, 6.07) is 8.61. The number of hydrogen-bond donors (Lipinski definition) is 7. The second-order valence-corrected chi connectivity index (χ2v) is 17.4. The molecule has 8 rings (SSSR count). The number of carbonyl (C=O) groups is 7. The lowest BCUT2D eigenvalue weighted by molar-refractivity contribution is -0.247. The van der Waals surface area contributed by atoms with Crippen molar-refractivity contribution in [2.75, 3.05) is 26.2 Å². The Morgan fingerprint density at radius 1 is 1.02 bits per heavy atom. The molecule has 2 amide bonds. The van der Waals surface area contributed by atoms with Gasteiger partial charge in [-0.05, 0) is 30.7 Å². The van der Waals surface area contributed by atoms with Gasteiger partial charge in [-0.2, -0.15) is 0 Å². The number of amides is 2. The van der Waals surface area contributed by atoms with E-state index in [0.29, 0.717) is 5.56 Å². The third-order valence-electron chi connectivity index (χ3n) is 12.4. The number of nitrogens with zero attached hydrogens (tertiary/aromatic N) is 2. The number of aliphatic carboxylic acids is 1. The topological polar surface area (TPSA) is 310 Å². The summed E-state index contributed by atoms with van der Waals surface area (Å²) in [6.45, 7) is -0.409. The lowest BCUT2D eigenvalue weighted by Crippen LogP contribution is -2.71. The van der Waals surface area contributed by atoms with Gasteiger partial charge in [-0.3, -0.25) is 33.8 Å². The van der Waals surface area contributed by atoms with Gasteiger partial charge in [0.1, 0.15) is 52.1 Å². The van der Waals surface area contributed by atoms with Crippen molar-refractivity contribution in [3.05, 3.63) is 98.7 Å². The number of Topliss-reactive ketones (excluding diaryl/α,β-unsaturated/α-hetero) is 1. The van der Waals surface area contributed by atoms with E-state index >= 15 is 0 Å². The number of carbonyl (C=O) groups excluding carboxylic acids is 6. The fourth-order valence-corrected chi connectivity index (χ4v) is 10.3. The number of nitrogens with two attached hydrogens (primary N) is 1. The average molecular weight is 918 g/mol. The third-order valence-corrected chi connectivity index (χ3v) is 13.5. The fourth-order valence-electron chi connectivity index (χ4n) is 9.05. The van der Waals surface area contributed by atoms with E-state index in [-0.39, 0.29) is 41.0 Å². The number of hydrogen-bond acceptors (Lipinski definition) is 18. The molecule has 5 aliphatic rings. The van der Waals surface area contributed by atoms with E-state index in [1.807, 2.05) is 0 Å². The highest BCUT2D eigenvalue weighted by molar-refractivity contribution is 8.00. The molecule has 65 heavy (non-hydrogen) atoms. The molecule has 2 saturated heterocycles. The molecule has 3 aromatic rings. The molecule has 0 bridgehead atoms. The van der Waals surface area contributed by atoms with E-state index in [1.54, 1.807) is 30.3 Å². The highest BCUT2D eigenvalue weighted by Gasteiger charge is 2.56. The Balaban J connectivity index is 1.13. The summed E-state index contributed by atoms with van der Waals surface area (Å²) in [6.07, 6.45) is -4.95. The molecular formula is C44H43N3O17S. The van der Waals surface area contributed by atoms with Crippen LogP contribution in [0.3, 0.4) is 0 Å². The second kappa shape index (κ2) is 17.3. The first-order valence-electron chi connectivity index (χ1n) is 20.3. The maximum absolute atomic E-state index is 14.6. The zero-order valence-corrected chi connectivity index (χ0v) is 35.5. The molecule has 3 aliphatic heterocycles. The van der Waals surface area contributed by atoms with E-state index in [9.17, 15) is 64.2 Å². The number of carboxylic acids is 1. The number of thioether (sulfide) groups is 1. The van der Waals surface area contributed by atoms with Crippen molar-refractivity contribution < 1.29 is 83.1 Å². The maximum Gasteiger partial charge on any atom is 0.352 e. The van der Waals surface area contributed by atoms with E-state index in [2.05, 4.69) is 0 Å². The minimum absolute atomic E-state index is 0.0981. The first-order valence-corrected chi connectivity index (χ1v) is 21.4. The van der Waals surface area contributed by atoms with Crippen LogP contribution in [0.4, 0.5) is 0 Å². The summed E-state index contributed by atoms with van der Waals surface area (Å²) in [4.78, 5) is 97.2. The predicted molar refractivity (Wildman–Crippen MR) is 222 cm³/mol. The number of methoxy groups -OCH3 is 1. The Morgan fingerprint density at radius 3 is 2.38 bits per heavy atom. The van der Waals surface area contributed by atoms with Crippen LogP contribution >= 0.6 is 11.8 Å². The van der Waals surface area contributed by atoms with E-state index in [4.69, 9.17) is 24.7 Å². The summed E-state index contributed by atoms with van der Waals surface area (Å²) >= 11 is 1.20. The number of β-lactam (4-membered cyclic amide) rings is 1. The van der Waals surface area contributed by atoms with Gasteiger partial charge in [0.25, 0.3) is 5.91 Å². The number of aliphatic hydroxyl groups excluding tert-OH is 2. The minimum Gasteiger partial charge on any atom is -0.507 e. The zero-order valence-electron chi connectivity index (χ0n) is 34.7. The highest BCUT2D eigenvalue weighted by atomic mass is 32.2. The first-order chi connectivity index (χ1) is 30.9. The van der Waals surface area contributed by atoms with Gasteiger partial charge in [0.15, 0.2) is 24.6 Å². The van der Waals surface area contributed by atoms with Gasteiger partial charge in [-0.25, -0.2) is 9.59 Å². The molecule has 3 heterocycles. The average Bonchev–Trinajstić information content (AvgIpc) is 3.28. The third kappa shape index (κ3) is 7.61. The Kier molecular flexibility index (Phi) is 12.1. The van der Waals surface area contributed by atoms with Gasteiger partial charge in [-0.15, -0.1) is 11.8 Å². The number of phenolic OH excluding ortho intramolecular Hbond substituents is 2. The van der Waals surface area contributed by atoms with Crippen LogP contribution in [0.5, 0.6) is 17.2 Å². The Bertz CT molecular complexity index is 2570. The highest BCUT2D eigenvalue weighted by Crippen LogP contribution is 2.53. The second-order valence-electron chi connectivity index (χ2n) is 16.2. The Labute approximate surface area is 373 Å². The van der Waals surface area contributed by atoms with Crippen LogP contribution in [0.15, 0.2) is 54.2 Å². The van der Waals surface area contributed by atoms with Crippen molar-refractivity contribution in [2.45, 2.75) is 80.3 Å². The fraction of sp³-hybridized carbons (Fsp3) is 0.386. The molecule has 8 N–H and O–H groups in total. The summed E-state index contributed by atoms with van der Waals surface area (Å²) in [5.74, 6) is -9.09. The lowest BCUT2D eigenvalue weighted by atomic mass is 9.71. The largest absolute Gasteiger partial charge is 0.507 e. The molecule has 342 valence electrons.